The van der Waals surface area contributed by atoms with E-state index in [1.807, 2.05) is 18.2 Å². The van der Waals surface area contributed by atoms with Crippen LogP contribution in [-0.4, -0.2) is 31.1 Å². The van der Waals surface area contributed by atoms with Crippen LogP contribution in [0.2, 0.25) is 10.0 Å². The molecule has 0 saturated carbocycles. The number of nitrogens with zero attached hydrogens (tertiary/aromatic N) is 1. The van der Waals surface area contributed by atoms with Crippen LogP contribution in [0.25, 0.3) is 0 Å². The summed E-state index contributed by atoms with van der Waals surface area (Å²) in [5.41, 5.74) is 0.979. The maximum Gasteiger partial charge on any atom is 0.317 e. The summed E-state index contributed by atoms with van der Waals surface area (Å²) in [5.74, 6) is 0.718. The van der Waals surface area contributed by atoms with Crippen LogP contribution in [0, 0.1) is 0 Å². The van der Waals surface area contributed by atoms with E-state index in [1.54, 1.807) is 42.3 Å². The predicted octanol–water partition coefficient (Wildman–Crippen LogP) is 4.21. The Hall–Kier alpha value is -1.91. The van der Waals surface area contributed by atoms with Gasteiger partial charge in [0.25, 0.3) is 0 Å². The Labute approximate surface area is 146 Å². The molecule has 122 valence electrons. The lowest BCUT2D eigenvalue weighted by molar-refractivity contribution is 0.203. The van der Waals surface area contributed by atoms with E-state index in [0.717, 1.165) is 11.3 Å². The molecular weight excluding hydrogens is 335 g/mol. The van der Waals surface area contributed by atoms with Crippen molar-refractivity contribution in [3.63, 3.8) is 0 Å². The molecule has 2 rings (SSSR count). The van der Waals surface area contributed by atoms with E-state index in [2.05, 4.69) is 5.32 Å². The molecule has 2 aromatic rings. The van der Waals surface area contributed by atoms with E-state index >= 15 is 0 Å². The van der Waals surface area contributed by atoms with Crippen molar-refractivity contribution in [3.8, 4) is 5.75 Å². The summed E-state index contributed by atoms with van der Waals surface area (Å²) in [4.78, 5) is 13.6. The van der Waals surface area contributed by atoms with Crippen LogP contribution in [0.15, 0.2) is 48.5 Å². The van der Waals surface area contributed by atoms with Gasteiger partial charge in [0, 0.05) is 23.6 Å². The normalized spacial score (nSPS) is 10.2. The van der Waals surface area contributed by atoms with E-state index < -0.39 is 0 Å². The second-order valence-electron chi connectivity index (χ2n) is 5.02. The van der Waals surface area contributed by atoms with Crippen molar-refractivity contribution in [3.05, 3.63) is 64.1 Å². The summed E-state index contributed by atoms with van der Waals surface area (Å²) >= 11 is 11.7. The summed E-state index contributed by atoms with van der Waals surface area (Å²) in [6.07, 6.45) is 0. The average Bonchev–Trinajstić information content (AvgIpc) is 2.53. The van der Waals surface area contributed by atoms with E-state index in [0.29, 0.717) is 29.7 Å². The maximum atomic E-state index is 12.0. The third-order valence-corrected chi connectivity index (χ3v) is 3.60. The molecule has 0 saturated heterocycles. The highest BCUT2D eigenvalue weighted by atomic mass is 35.5. The zero-order valence-corrected chi connectivity index (χ0v) is 14.3. The number of urea groups is 1. The molecule has 0 fully saturated rings. The predicted molar refractivity (Wildman–Crippen MR) is 93.3 cm³/mol. The largest absolute Gasteiger partial charge is 0.492 e. The zero-order valence-electron chi connectivity index (χ0n) is 12.8. The minimum absolute atomic E-state index is 0.162. The molecule has 0 radical (unpaired) electrons. The third kappa shape index (κ3) is 6.00. The number of carbonyl (C=O) groups is 1. The second kappa shape index (κ2) is 8.65. The first-order valence-electron chi connectivity index (χ1n) is 7.16. The Morgan fingerprint density at radius 2 is 1.87 bits per heavy atom. The van der Waals surface area contributed by atoms with Crippen molar-refractivity contribution in [1.29, 1.82) is 0 Å². The molecule has 0 aliphatic carbocycles. The fourth-order valence-corrected chi connectivity index (χ4v) is 2.31. The molecule has 0 aliphatic heterocycles. The van der Waals surface area contributed by atoms with Gasteiger partial charge >= 0.3 is 6.03 Å². The lowest BCUT2D eigenvalue weighted by atomic mass is 10.2. The fraction of sp³-hybridized carbons (Fsp3) is 0.235. The van der Waals surface area contributed by atoms with Gasteiger partial charge in [0.05, 0.1) is 6.54 Å². The molecule has 0 aromatic heterocycles. The molecule has 0 unspecified atom stereocenters. The Morgan fingerprint density at radius 1 is 1.13 bits per heavy atom. The Morgan fingerprint density at radius 3 is 2.57 bits per heavy atom. The van der Waals surface area contributed by atoms with Crippen LogP contribution in [0.3, 0.4) is 0 Å². The lowest BCUT2D eigenvalue weighted by Crippen LogP contribution is -2.38. The summed E-state index contributed by atoms with van der Waals surface area (Å²) in [7, 11) is 1.73. The highest BCUT2D eigenvalue weighted by molar-refractivity contribution is 6.30. The van der Waals surface area contributed by atoms with Crippen molar-refractivity contribution >= 4 is 29.2 Å². The summed E-state index contributed by atoms with van der Waals surface area (Å²) < 4.78 is 5.52. The van der Waals surface area contributed by atoms with E-state index in [-0.39, 0.29) is 6.03 Å². The van der Waals surface area contributed by atoms with Gasteiger partial charge in [0.2, 0.25) is 0 Å². The second-order valence-corrected chi connectivity index (χ2v) is 5.89. The average molecular weight is 353 g/mol. The number of hydrogen-bond donors (Lipinski definition) is 1. The van der Waals surface area contributed by atoms with E-state index in [9.17, 15) is 4.79 Å². The Bertz CT molecular complexity index is 647. The molecule has 2 amide bonds. The van der Waals surface area contributed by atoms with Crippen LogP contribution in [0.4, 0.5) is 4.79 Å². The van der Waals surface area contributed by atoms with Crippen LogP contribution >= 0.6 is 23.2 Å². The number of amides is 2. The quantitative estimate of drug-likeness (QED) is 0.791. The van der Waals surface area contributed by atoms with Crippen molar-refractivity contribution in [1.82, 2.24) is 10.2 Å². The number of halogens is 2. The highest BCUT2D eigenvalue weighted by Crippen LogP contribution is 2.15. The summed E-state index contributed by atoms with van der Waals surface area (Å²) in [5, 5.41) is 4.12. The number of hydrogen-bond acceptors (Lipinski definition) is 2. The van der Waals surface area contributed by atoms with Crippen LogP contribution in [-0.2, 0) is 6.54 Å². The Kier molecular flexibility index (Phi) is 6.56. The first-order valence-corrected chi connectivity index (χ1v) is 7.92. The first-order chi connectivity index (χ1) is 11.0. The van der Waals surface area contributed by atoms with Gasteiger partial charge in [-0.25, -0.2) is 4.79 Å². The van der Waals surface area contributed by atoms with Gasteiger partial charge in [-0.15, -0.1) is 0 Å². The minimum atomic E-state index is -0.162. The molecule has 1 N–H and O–H groups in total. The molecule has 0 atom stereocenters. The summed E-state index contributed by atoms with van der Waals surface area (Å²) in [6, 6.07) is 14.4. The third-order valence-electron chi connectivity index (χ3n) is 3.12. The summed E-state index contributed by atoms with van der Waals surface area (Å²) in [6.45, 7) is 1.30. The minimum Gasteiger partial charge on any atom is -0.492 e. The van der Waals surface area contributed by atoms with Gasteiger partial charge in [-0.1, -0.05) is 35.3 Å². The number of ether oxygens (including phenoxy) is 1. The number of carbonyl (C=O) groups excluding carboxylic acids is 1. The van der Waals surface area contributed by atoms with Gasteiger partial charge in [0.1, 0.15) is 12.4 Å². The van der Waals surface area contributed by atoms with Gasteiger partial charge in [-0.2, -0.15) is 0 Å². The number of rotatable bonds is 6. The van der Waals surface area contributed by atoms with Gasteiger partial charge < -0.3 is 15.0 Å². The zero-order chi connectivity index (χ0) is 16.7. The van der Waals surface area contributed by atoms with Gasteiger partial charge in [0.15, 0.2) is 0 Å². The molecule has 2 aromatic carbocycles. The van der Waals surface area contributed by atoms with Gasteiger partial charge in [-0.05, 0) is 42.0 Å². The molecule has 0 spiro atoms. The Balaban J connectivity index is 1.70. The fourth-order valence-electron chi connectivity index (χ4n) is 1.97. The monoisotopic (exact) mass is 352 g/mol. The molecule has 23 heavy (non-hydrogen) atoms. The van der Waals surface area contributed by atoms with Crippen molar-refractivity contribution in [2.45, 2.75) is 6.54 Å². The number of nitrogens with one attached hydrogen (secondary N) is 1. The molecule has 0 bridgehead atoms. The smallest absolute Gasteiger partial charge is 0.317 e. The van der Waals surface area contributed by atoms with Crippen LogP contribution < -0.4 is 10.1 Å². The molecular formula is C17H18Cl2N2O2. The van der Waals surface area contributed by atoms with E-state index in [1.165, 1.54) is 0 Å². The topological polar surface area (TPSA) is 41.6 Å². The van der Waals surface area contributed by atoms with Crippen LogP contribution in [0.5, 0.6) is 5.75 Å². The van der Waals surface area contributed by atoms with E-state index in [4.69, 9.17) is 27.9 Å². The maximum absolute atomic E-state index is 12.0. The lowest BCUT2D eigenvalue weighted by Gasteiger charge is -2.18. The molecule has 0 aliphatic rings. The first kappa shape index (κ1) is 17.4. The molecule has 0 heterocycles. The highest BCUT2D eigenvalue weighted by Gasteiger charge is 2.08. The number of benzene rings is 2. The van der Waals surface area contributed by atoms with Crippen LogP contribution in [0.1, 0.15) is 5.56 Å². The van der Waals surface area contributed by atoms with Crippen molar-refractivity contribution in [2.24, 2.45) is 0 Å². The van der Waals surface area contributed by atoms with Crippen molar-refractivity contribution in [2.75, 3.05) is 20.2 Å². The SMILES string of the molecule is CN(Cc1cccc(Cl)c1)C(=O)NCCOc1ccc(Cl)cc1. The van der Waals surface area contributed by atoms with Crippen molar-refractivity contribution < 1.29 is 9.53 Å². The van der Waals surface area contributed by atoms with Gasteiger partial charge in [-0.3, -0.25) is 0 Å². The molecule has 4 nitrogen and oxygen atoms in total. The standard InChI is InChI=1S/C17H18Cl2N2O2/c1-21(12-13-3-2-4-15(19)11-13)17(22)20-9-10-23-16-7-5-14(18)6-8-16/h2-8,11H,9-10,12H2,1H3,(H,20,22). The molecule has 6 heteroatoms.